The van der Waals surface area contributed by atoms with Crippen molar-refractivity contribution in [2.75, 3.05) is 5.73 Å². The van der Waals surface area contributed by atoms with Gasteiger partial charge in [0.15, 0.2) is 5.76 Å². The number of hydrogen-bond acceptors (Lipinski definition) is 4. The van der Waals surface area contributed by atoms with Crippen molar-refractivity contribution < 1.29 is 4.42 Å². The Morgan fingerprint density at radius 2 is 2.12 bits per heavy atom. The lowest BCUT2D eigenvalue weighted by Gasteiger charge is -1.89. The highest BCUT2D eigenvalue weighted by Crippen LogP contribution is 2.26. The average molecular weight is 228 g/mol. The van der Waals surface area contributed by atoms with Crippen LogP contribution in [-0.2, 0) is 7.05 Å². The monoisotopic (exact) mass is 228 g/mol. The molecular formula is C12H12N4O. The standard InChI is InChI=1S/C12H12N4O/c1-7-3-4-9-8(5-7)6-10(17-9)11-14-12(13)16(2)15-11/h3-6H,1-2H3,(H2,13,14,15). The molecule has 3 aromatic rings. The summed E-state index contributed by atoms with van der Waals surface area (Å²) in [5.74, 6) is 1.52. The summed E-state index contributed by atoms with van der Waals surface area (Å²) in [6.07, 6.45) is 0. The van der Waals surface area contributed by atoms with E-state index >= 15 is 0 Å². The molecule has 1 aromatic carbocycles. The average Bonchev–Trinajstić information content (AvgIpc) is 2.83. The Morgan fingerprint density at radius 3 is 2.82 bits per heavy atom. The van der Waals surface area contributed by atoms with Gasteiger partial charge >= 0.3 is 0 Å². The van der Waals surface area contributed by atoms with Crippen molar-refractivity contribution in [2.45, 2.75) is 6.92 Å². The quantitative estimate of drug-likeness (QED) is 0.692. The molecule has 0 saturated heterocycles. The summed E-state index contributed by atoms with van der Waals surface area (Å²) in [6.45, 7) is 2.04. The first-order chi connectivity index (χ1) is 8.13. The third-order valence-electron chi connectivity index (χ3n) is 2.69. The molecule has 0 aliphatic rings. The fourth-order valence-electron chi connectivity index (χ4n) is 1.77. The van der Waals surface area contributed by atoms with Gasteiger partial charge in [-0.2, -0.15) is 4.98 Å². The van der Waals surface area contributed by atoms with Gasteiger partial charge in [-0.3, -0.25) is 0 Å². The predicted molar refractivity (Wildman–Crippen MR) is 65.4 cm³/mol. The molecule has 2 aromatic heterocycles. The minimum absolute atomic E-state index is 0.372. The second kappa shape index (κ2) is 3.35. The number of hydrogen-bond donors (Lipinski definition) is 1. The summed E-state index contributed by atoms with van der Waals surface area (Å²) in [4.78, 5) is 4.13. The second-order valence-corrected chi connectivity index (χ2v) is 4.07. The van der Waals surface area contributed by atoms with Crippen LogP contribution in [0.2, 0.25) is 0 Å². The van der Waals surface area contributed by atoms with Gasteiger partial charge in [0.1, 0.15) is 5.58 Å². The molecule has 2 heterocycles. The third kappa shape index (κ3) is 1.56. The van der Waals surface area contributed by atoms with E-state index in [1.807, 2.05) is 25.1 Å². The Bertz CT molecular complexity index is 676. The van der Waals surface area contributed by atoms with Crippen LogP contribution in [0.25, 0.3) is 22.6 Å². The van der Waals surface area contributed by atoms with E-state index in [0.29, 0.717) is 17.5 Å². The van der Waals surface area contributed by atoms with E-state index in [0.717, 1.165) is 11.0 Å². The summed E-state index contributed by atoms with van der Waals surface area (Å²) in [5, 5.41) is 5.23. The molecular weight excluding hydrogens is 216 g/mol. The number of nitrogens with two attached hydrogens (primary N) is 1. The van der Waals surface area contributed by atoms with Crippen LogP contribution in [0.1, 0.15) is 5.56 Å². The molecule has 0 amide bonds. The minimum Gasteiger partial charge on any atom is -0.453 e. The lowest BCUT2D eigenvalue weighted by atomic mass is 10.2. The van der Waals surface area contributed by atoms with Crippen molar-refractivity contribution in [3.05, 3.63) is 29.8 Å². The first-order valence-electron chi connectivity index (χ1n) is 5.30. The molecule has 0 unspecified atom stereocenters. The third-order valence-corrected chi connectivity index (χ3v) is 2.69. The molecule has 0 fully saturated rings. The topological polar surface area (TPSA) is 69.9 Å². The number of fused-ring (bicyclic) bond motifs is 1. The Hall–Kier alpha value is -2.30. The van der Waals surface area contributed by atoms with Crippen LogP contribution in [0.3, 0.4) is 0 Å². The van der Waals surface area contributed by atoms with Gasteiger partial charge in [0.05, 0.1) is 0 Å². The predicted octanol–water partition coefficient (Wildman–Crippen LogP) is 2.12. The molecule has 5 nitrogen and oxygen atoms in total. The molecule has 0 spiro atoms. The van der Waals surface area contributed by atoms with E-state index in [1.165, 1.54) is 10.2 Å². The van der Waals surface area contributed by atoms with Crippen molar-refractivity contribution in [3.8, 4) is 11.6 Å². The van der Waals surface area contributed by atoms with E-state index in [-0.39, 0.29) is 0 Å². The van der Waals surface area contributed by atoms with Gasteiger partial charge in [-0.15, -0.1) is 5.10 Å². The number of aromatic nitrogens is 3. The summed E-state index contributed by atoms with van der Waals surface area (Å²) in [6, 6.07) is 7.95. The van der Waals surface area contributed by atoms with Crippen molar-refractivity contribution in [3.63, 3.8) is 0 Å². The summed E-state index contributed by atoms with van der Waals surface area (Å²) < 4.78 is 7.21. The summed E-state index contributed by atoms with van der Waals surface area (Å²) in [5.41, 5.74) is 7.67. The van der Waals surface area contributed by atoms with Crippen LogP contribution in [0.15, 0.2) is 28.7 Å². The molecule has 2 N–H and O–H groups in total. The van der Waals surface area contributed by atoms with Gasteiger partial charge in [-0.1, -0.05) is 11.6 Å². The first-order valence-corrected chi connectivity index (χ1v) is 5.30. The largest absolute Gasteiger partial charge is 0.453 e. The maximum absolute atomic E-state index is 5.68. The fraction of sp³-hybridized carbons (Fsp3) is 0.167. The number of nitrogen functional groups attached to an aromatic ring is 1. The highest BCUT2D eigenvalue weighted by Gasteiger charge is 2.12. The molecule has 0 radical (unpaired) electrons. The molecule has 0 aliphatic carbocycles. The zero-order valence-electron chi connectivity index (χ0n) is 9.64. The molecule has 0 saturated carbocycles. The van der Waals surface area contributed by atoms with E-state index in [9.17, 15) is 0 Å². The van der Waals surface area contributed by atoms with E-state index in [2.05, 4.69) is 16.1 Å². The first kappa shape index (κ1) is 9.89. The second-order valence-electron chi connectivity index (χ2n) is 4.07. The number of rotatable bonds is 1. The Balaban J connectivity index is 2.17. The van der Waals surface area contributed by atoms with E-state index in [1.54, 1.807) is 7.05 Å². The zero-order valence-corrected chi connectivity index (χ0v) is 9.64. The van der Waals surface area contributed by atoms with Crippen LogP contribution in [0, 0.1) is 6.92 Å². The minimum atomic E-state index is 0.372. The smallest absolute Gasteiger partial charge is 0.218 e. The lowest BCUT2D eigenvalue weighted by Crippen LogP contribution is -1.97. The summed E-state index contributed by atoms with van der Waals surface area (Å²) in [7, 11) is 1.75. The SMILES string of the molecule is Cc1ccc2oc(-c3nc(N)n(C)n3)cc2c1. The molecule has 3 rings (SSSR count). The normalized spacial score (nSPS) is 11.2. The van der Waals surface area contributed by atoms with Crippen molar-refractivity contribution >= 4 is 16.9 Å². The lowest BCUT2D eigenvalue weighted by molar-refractivity contribution is 0.623. The molecule has 0 bridgehead atoms. The molecule has 86 valence electrons. The summed E-state index contributed by atoms with van der Waals surface area (Å²) >= 11 is 0. The van der Waals surface area contributed by atoms with Crippen LogP contribution in [0.5, 0.6) is 0 Å². The van der Waals surface area contributed by atoms with Gasteiger partial charge in [-0.25, -0.2) is 4.68 Å². The van der Waals surface area contributed by atoms with E-state index < -0.39 is 0 Å². The Morgan fingerprint density at radius 1 is 1.29 bits per heavy atom. The van der Waals surface area contributed by atoms with Crippen molar-refractivity contribution in [1.29, 1.82) is 0 Å². The number of anilines is 1. The number of aryl methyl sites for hydroxylation is 2. The van der Waals surface area contributed by atoms with Crippen molar-refractivity contribution in [2.24, 2.45) is 7.05 Å². The van der Waals surface area contributed by atoms with Crippen LogP contribution >= 0.6 is 0 Å². The van der Waals surface area contributed by atoms with E-state index in [4.69, 9.17) is 10.2 Å². The van der Waals surface area contributed by atoms with Crippen LogP contribution in [0.4, 0.5) is 5.95 Å². The molecule has 0 atom stereocenters. The maximum atomic E-state index is 5.68. The van der Waals surface area contributed by atoms with Gasteiger partial charge < -0.3 is 10.2 Å². The fourth-order valence-corrected chi connectivity index (χ4v) is 1.77. The van der Waals surface area contributed by atoms with Gasteiger partial charge in [0.25, 0.3) is 0 Å². The van der Waals surface area contributed by atoms with Gasteiger partial charge in [-0.05, 0) is 25.1 Å². The Kier molecular flexibility index (Phi) is 1.95. The Labute approximate surface area is 97.9 Å². The van der Waals surface area contributed by atoms with Gasteiger partial charge in [0.2, 0.25) is 11.8 Å². The molecule has 5 heteroatoms. The van der Waals surface area contributed by atoms with Crippen LogP contribution in [-0.4, -0.2) is 14.8 Å². The number of nitrogens with zero attached hydrogens (tertiary/aromatic N) is 3. The van der Waals surface area contributed by atoms with Crippen molar-refractivity contribution in [1.82, 2.24) is 14.8 Å². The number of benzene rings is 1. The molecule has 17 heavy (non-hydrogen) atoms. The number of furan rings is 1. The van der Waals surface area contributed by atoms with Gasteiger partial charge in [0, 0.05) is 12.4 Å². The highest BCUT2D eigenvalue weighted by atomic mass is 16.3. The zero-order chi connectivity index (χ0) is 12.0. The van der Waals surface area contributed by atoms with Crippen LogP contribution < -0.4 is 5.73 Å². The maximum Gasteiger partial charge on any atom is 0.218 e. The molecule has 0 aliphatic heterocycles. The highest BCUT2D eigenvalue weighted by molar-refractivity contribution is 5.82.